The maximum Gasteiger partial charge on any atom is 0.266 e. The van der Waals surface area contributed by atoms with E-state index in [1.165, 1.54) is 36.7 Å². The lowest BCUT2D eigenvalue weighted by atomic mass is 9.91. The highest BCUT2D eigenvalue weighted by atomic mass is 32.1. The summed E-state index contributed by atoms with van der Waals surface area (Å²) in [5.41, 5.74) is 0.820. The minimum atomic E-state index is -0.512. The Balaban J connectivity index is 1.85. The van der Waals surface area contributed by atoms with Crippen molar-refractivity contribution in [2.45, 2.75) is 27.4 Å². The molecule has 0 aliphatic rings. The van der Waals surface area contributed by atoms with Gasteiger partial charge in [0.25, 0.3) is 5.56 Å². The number of methoxy groups -OCH3 is 1. The Kier molecular flexibility index (Phi) is 6.75. The molecule has 0 atom stereocenters. The summed E-state index contributed by atoms with van der Waals surface area (Å²) in [7, 11) is 1.53. The molecular weight excluding hydrogens is 417 g/mol. The highest BCUT2D eigenvalue weighted by molar-refractivity contribution is 7.07. The minimum absolute atomic E-state index is 0.0547. The fourth-order valence-corrected chi connectivity index (χ4v) is 3.53. The van der Waals surface area contributed by atoms with Gasteiger partial charge in [-0.15, -0.1) is 11.3 Å². The topological polar surface area (TPSA) is 68.4 Å². The highest BCUT2D eigenvalue weighted by Crippen LogP contribution is 2.29. The summed E-state index contributed by atoms with van der Waals surface area (Å²) in [6.07, 6.45) is 3.20. The molecule has 0 spiro atoms. The number of Topliss-reactive ketones (excluding diaryl/α,β-unsaturated/α-hetero) is 1. The average Bonchev–Trinajstić information content (AvgIpc) is 3.06. The summed E-state index contributed by atoms with van der Waals surface area (Å²) in [5.74, 6) is 0.696. The van der Waals surface area contributed by atoms with E-state index in [0.29, 0.717) is 20.7 Å². The molecule has 7 heteroatoms. The molecular formula is C24H24FNO4S. The minimum Gasteiger partial charge on any atom is -0.493 e. The number of benzene rings is 2. The Bertz CT molecular complexity index is 1250. The van der Waals surface area contributed by atoms with Crippen LogP contribution in [0.4, 0.5) is 4.39 Å². The molecule has 162 valence electrons. The third kappa shape index (κ3) is 5.92. The Morgan fingerprint density at radius 2 is 1.84 bits per heavy atom. The number of thiazole rings is 1. The molecule has 2 aromatic carbocycles. The van der Waals surface area contributed by atoms with Gasteiger partial charge >= 0.3 is 0 Å². The Labute approximate surface area is 183 Å². The van der Waals surface area contributed by atoms with Gasteiger partial charge in [-0.05, 0) is 41.5 Å². The molecule has 1 aromatic heterocycles. The molecule has 3 aromatic rings. The van der Waals surface area contributed by atoms with Gasteiger partial charge in [0, 0.05) is 11.5 Å². The van der Waals surface area contributed by atoms with Gasteiger partial charge in [0.15, 0.2) is 17.3 Å². The van der Waals surface area contributed by atoms with Crippen molar-refractivity contribution in [3.63, 3.8) is 0 Å². The second-order valence-corrected chi connectivity index (χ2v) is 9.10. The number of ether oxygens (including phenoxy) is 2. The van der Waals surface area contributed by atoms with Crippen molar-refractivity contribution in [3.8, 4) is 11.5 Å². The molecule has 0 aliphatic carbocycles. The number of H-pyrrole nitrogens is 1. The number of aromatic nitrogens is 1. The number of halogens is 1. The van der Waals surface area contributed by atoms with Crippen molar-refractivity contribution in [1.82, 2.24) is 4.98 Å². The van der Waals surface area contributed by atoms with Crippen molar-refractivity contribution in [1.29, 1.82) is 0 Å². The number of carbonyl (C=O) groups excluding carboxylic acids is 1. The molecule has 0 unspecified atom stereocenters. The maximum atomic E-state index is 13.0. The summed E-state index contributed by atoms with van der Waals surface area (Å²) in [4.78, 5) is 27.2. The van der Waals surface area contributed by atoms with E-state index in [2.05, 4.69) is 4.98 Å². The summed E-state index contributed by atoms with van der Waals surface area (Å²) in [5, 5.41) is 0. The van der Waals surface area contributed by atoms with Gasteiger partial charge in [0.1, 0.15) is 12.4 Å². The number of aromatic amines is 1. The first-order chi connectivity index (χ1) is 14.7. The van der Waals surface area contributed by atoms with Gasteiger partial charge in [-0.1, -0.05) is 39.0 Å². The Morgan fingerprint density at radius 1 is 1.13 bits per heavy atom. The molecule has 5 nitrogen and oxygen atoms in total. The molecule has 1 N–H and O–H groups in total. The first-order valence-electron chi connectivity index (χ1n) is 9.68. The van der Waals surface area contributed by atoms with Crippen LogP contribution in [0.25, 0.3) is 12.2 Å². The van der Waals surface area contributed by atoms with Crippen molar-refractivity contribution in [3.05, 3.63) is 79.0 Å². The van der Waals surface area contributed by atoms with Crippen molar-refractivity contribution < 1.29 is 18.7 Å². The summed E-state index contributed by atoms with van der Waals surface area (Å²) in [6, 6.07) is 11.4. The molecule has 3 rings (SSSR count). The molecule has 0 saturated carbocycles. The summed E-state index contributed by atoms with van der Waals surface area (Å²) < 4.78 is 25.2. The number of carbonyl (C=O) groups is 1. The number of rotatable bonds is 6. The van der Waals surface area contributed by atoms with E-state index in [0.717, 1.165) is 11.1 Å². The van der Waals surface area contributed by atoms with Crippen LogP contribution >= 0.6 is 11.3 Å². The number of hydrogen-bond acceptors (Lipinski definition) is 5. The van der Waals surface area contributed by atoms with Crippen LogP contribution in [0, 0.1) is 11.2 Å². The van der Waals surface area contributed by atoms with E-state index < -0.39 is 5.41 Å². The quantitative estimate of drug-likeness (QED) is 0.637. The van der Waals surface area contributed by atoms with Crippen LogP contribution < -0.4 is 24.2 Å². The predicted molar refractivity (Wildman–Crippen MR) is 120 cm³/mol. The largest absolute Gasteiger partial charge is 0.493 e. The van der Waals surface area contributed by atoms with Crippen LogP contribution in [0.15, 0.2) is 47.3 Å². The van der Waals surface area contributed by atoms with Gasteiger partial charge in [0.2, 0.25) is 0 Å². The third-order valence-corrected chi connectivity index (χ3v) is 5.44. The van der Waals surface area contributed by atoms with E-state index in [1.807, 2.05) is 26.8 Å². The van der Waals surface area contributed by atoms with Gasteiger partial charge < -0.3 is 14.5 Å². The third-order valence-electron chi connectivity index (χ3n) is 4.47. The smallest absolute Gasteiger partial charge is 0.266 e. The van der Waals surface area contributed by atoms with Crippen LogP contribution in [-0.4, -0.2) is 17.9 Å². The first kappa shape index (κ1) is 22.5. The van der Waals surface area contributed by atoms with Crippen molar-refractivity contribution in [2.75, 3.05) is 7.11 Å². The zero-order valence-electron chi connectivity index (χ0n) is 17.8. The molecule has 31 heavy (non-hydrogen) atoms. The zero-order valence-corrected chi connectivity index (χ0v) is 18.6. The van der Waals surface area contributed by atoms with Gasteiger partial charge in [-0.25, -0.2) is 4.39 Å². The Hall–Kier alpha value is -3.19. The number of nitrogens with one attached hydrogen (secondary N) is 1. The second kappa shape index (κ2) is 9.31. The van der Waals surface area contributed by atoms with Gasteiger partial charge in [-0.2, -0.15) is 0 Å². The first-order valence-corrected chi connectivity index (χ1v) is 10.5. The fourth-order valence-electron chi connectivity index (χ4n) is 2.65. The van der Waals surface area contributed by atoms with Crippen LogP contribution in [0.1, 0.15) is 31.9 Å². The average molecular weight is 442 g/mol. The fraction of sp³-hybridized carbons (Fsp3) is 0.250. The van der Waals surface area contributed by atoms with Crippen molar-refractivity contribution >= 4 is 29.3 Å². The van der Waals surface area contributed by atoms with Crippen LogP contribution in [0.3, 0.4) is 0 Å². The lowest BCUT2D eigenvalue weighted by Crippen LogP contribution is -2.22. The van der Waals surface area contributed by atoms with E-state index in [9.17, 15) is 14.0 Å². The van der Waals surface area contributed by atoms with Gasteiger partial charge in [0.05, 0.1) is 16.3 Å². The SMILES string of the molecule is COc1cc(C=c2sc(=CC(=O)C(C)(C)C)[nH]c2=O)ccc1OCc1ccc(F)cc1. The molecule has 0 radical (unpaired) electrons. The Morgan fingerprint density at radius 3 is 2.48 bits per heavy atom. The zero-order chi connectivity index (χ0) is 22.6. The summed E-state index contributed by atoms with van der Waals surface area (Å²) >= 11 is 1.22. The highest BCUT2D eigenvalue weighted by Gasteiger charge is 2.18. The number of ketones is 1. The van der Waals surface area contributed by atoms with E-state index in [4.69, 9.17) is 9.47 Å². The normalized spacial score (nSPS) is 12.8. The molecule has 0 bridgehead atoms. The molecule has 0 aliphatic heterocycles. The number of hydrogen-bond donors (Lipinski definition) is 1. The molecule has 1 heterocycles. The molecule has 0 fully saturated rings. The van der Waals surface area contributed by atoms with Crippen molar-refractivity contribution in [2.24, 2.45) is 5.41 Å². The van der Waals surface area contributed by atoms with Crippen LogP contribution in [-0.2, 0) is 11.4 Å². The summed E-state index contributed by atoms with van der Waals surface area (Å²) in [6.45, 7) is 5.76. The van der Waals surface area contributed by atoms with E-state index in [1.54, 1.807) is 30.3 Å². The standard InChI is InChI=1S/C24H24FNO4S/c1-24(2,3)21(27)13-22-26-23(28)20(31-22)12-16-7-10-18(19(11-16)29-4)30-14-15-5-8-17(25)9-6-15/h5-13H,14H2,1-4H3,(H,26,28). The van der Waals surface area contributed by atoms with Gasteiger partial charge in [-0.3, -0.25) is 9.59 Å². The van der Waals surface area contributed by atoms with Crippen LogP contribution in [0.5, 0.6) is 11.5 Å². The van der Waals surface area contributed by atoms with Crippen LogP contribution in [0.2, 0.25) is 0 Å². The van der Waals surface area contributed by atoms with E-state index >= 15 is 0 Å². The lowest BCUT2D eigenvalue weighted by molar-refractivity contribution is -0.119. The molecule has 0 amide bonds. The monoisotopic (exact) mass is 441 g/mol. The van der Waals surface area contributed by atoms with E-state index in [-0.39, 0.29) is 23.8 Å². The second-order valence-electron chi connectivity index (χ2n) is 8.01. The molecule has 0 saturated heterocycles. The predicted octanol–water partition coefficient (Wildman–Crippen LogP) is 3.39. The maximum absolute atomic E-state index is 13.0. The lowest BCUT2D eigenvalue weighted by Gasteiger charge is -2.12.